The van der Waals surface area contributed by atoms with Gasteiger partial charge in [-0.15, -0.1) is 19.8 Å². The minimum atomic E-state index is 0. The van der Waals surface area contributed by atoms with Crippen molar-refractivity contribution in [1.82, 2.24) is 0 Å². The van der Waals surface area contributed by atoms with Crippen LogP contribution < -0.4 is 15.3 Å². The van der Waals surface area contributed by atoms with Crippen LogP contribution in [0.15, 0.2) is 0 Å². The Morgan fingerprint density at radius 2 is 0.714 bits per heavy atom. The molecule has 0 aliphatic rings. The van der Waals surface area contributed by atoms with E-state index < -0.39 is 0 Å². The van der Waals surface area contributed by atoms with Crippen molar-refractivity contribution in [2.75, 3.05) is 19.8 Å². The average Bonchev–Trinajstić information content (AvgIpc) is 2.18. The van der Waals surface area contributed by atoms with Crippen LogP contribution in [0.4, 0.5) is 0 Å². The standard InChI is InChI=1S/3C3H7O.CH3.Ti/c3*1-2-3-4;;/h3*2-3H2,1H3;1H3;/q4*-1;+4. The molecule has 0 aliphatic heterocycles. The van der Waals surface area contributed by atoms with Gasteiger partial charge in [-0.3, -0.25) is 0 Å². The monoisotopic (exact) mass is 240 g/mol. The van der Waals surface area contributed by atoms with Crippen molar-refractivity contribution in [3.8, 4) is 0 Å². The Balaban J connectivity index is -0.0000000270. The summed E-state index contributed by atoms with van der Waals surface area (Å²) in [6, 6.07) is 0. The average molecular weight is 240 g/mol. The molecule has 0 fully saturated rings. The Kier molecular flexibility index (Phi) is 104. The predicted molar refractivity (Wildman–Crippen MR) is 51.9 cm³/mol. The molecule has 4 heteroatoms. The fourth-order valence-electron chi connectivity index (χ4n) is 0. The van der Waals surface area contributed by atoms with Gasteiger partial charge in [-0.1, -0.05) is 40.0 Å². The van der Waals surface area contributed by atoms with Crippen molar-refractivity contribution in [3.05, 3.63) is 7.43 Å². The molecule has 0 aliphatic carbocycles. The molecule has 0 N–H and O–H groups in total. The van der Waals surface area contributed by atoms with Crippen LogP contribution in [0, 0.1) is 7.43 Å². The summed E-state index contributed by atoms with van der Waals surface area (Å²) in [7, 11) is 0. The van der Waals surface area contributed by atoms with Crippen LogP contribution in [0.3, 0.4) is 0 Å². The summed E-state index contributed by atoms with van der Waals surface area (Å²) in [5.41, 5.74) is 0. The molecule has 86 valence electrons. The molecule has 0 aromatic rings. The van der Waals surface area contributed by atoms with Gasteiger partial charge in [0.2, 0.25) is 0 Å². The van der Waals surface area contributed by atoms with Gasteiger partial charge in [-0.2, -0.15) is 0 Å². The molecule has 0 unspecified atom stereocenters. The molecule has 0 rings (SSSR count). The van der Waals surface area contributed by atoms with Gasteiger partial charge in [0, 0.05) is 0 Å². The first kappa shape index (κ1) is 29.3. The van der Waals surface area contributed by atoms with Crippen molar-refractivity contribution in [1.29, 1.82) is 0 Å². The first-order valence-corrected chi connectivity index (χ1v) is 4.49. The fourth-order valence-corrected chi connectivity index (χ4v) is 0. The summed E-state index contributed by atoms with van der Waals surface area (Å²) in [5, 5.41) is 27.9. The second kappa shape index (κ2) is 49.6. The summed E-state index contributed by atoms with van der Waals surface area (Å²) in [6.07, 6.45) is 2.29. The van der Waals surface area contributed by atoms with E-state index in [9.17, 15) is 15.3 Å². The van der Waals surface area contributed by atoms with Crippen molar-refractivity contribution in [3.63, 3.8) is 0 Å². The number of hydrogen-bond donors (Lipinski definition) is 0. The normalized spacial score (nSPS) is 6.43. The summed E-state index contributed by atoms with van der Waals surface area (Å²) in [4.78, 5) is 0. The molecule has 0 aromatic heterocycles. The van der Waals surface area contributed by atoms with Crippen molar-refractivity contribution < 1.29 is 37.0 Å². The minimum Gasteiger partial charge on any atom is -0.854 e. The molecule has 0 radical (unpaired) electrons. The van der Waals surface area contributed by atoms with Gasteiger partial charge >= 0.3 is 21.7 Å². The van der Waals surface area contributed by atoms with E-state index in [1.54, 1.807) is 0 Å². The first-order valence-electron chi connectivity index (χ1n) is 4.49. The van der Waals surface area contributed by atoms with Crippen LogP contribution in [-0.2, 0) is 21.7 Å². The molecule has 0 spiro atoms. The number of hydrogen-bond acceptors (Lipinski definition) is 3. The third kappa shape index (κ3) is 131. The second-order valence-corrected chi connectivity index (χ2v) is 2.11. The summed E-state index contributed by atoms with van der Waals surface area (Å²) >= 11 is 0. The fraction of sp³-hybridized carbons (Fsp3) is 0.900. The molecular formula is C10H24O3Ti. The van der Waals surface area contributed by atoms with Gasteiger partial charge in [0.1, 0.15) is 0 Å². The van der Waals surface area contributed by atoms with Gasteiger partial charge in [0.05, 0.1) is 0 Å². The van der Waals surface area contributed by atoms with E-state index in [0.717, 1.165) is 19.3 Å². The maximum Gasteiger partial charge on any atom is 4.00 e. The predicted octanol–water partition coefficient (Wildman–Crippen LogP) is -0.282. The topological polar surface area (TPSA) is 69.2 Å². The van der Waals surface area contributed by atoms with Gasteiger partial charge in [-0.05, 0) is 0 Å². The van der Waals surface area contributed by atoms with Gasteiger partial charge in [0.25, 0.3) is 0 Å². The Morgan fingerprint density at radius 3 is 0.714 bits per heavy atom. The summed E-state index contributed by atoms with van der Waals surface area (Å²) < 4.78 is 0. The van der Waals surface area contributed by atoms with Gasteiger partial charge < -0.3 is 22.7 Å². The Labute approximate surface area is 104 Å². The van der Waals surface area contributed by atoms with Crippen LogP contribution in [0.25, 0.3) is 0 Å². The van der Waals surface area contributed by atoms with E-state index in [1.807, 2.05) is 20.8 Å². The van der Waals surface area contributed by atoms with Gasteiger partial charge in [0.15, 0.2) is 0 Å². The quantitative estimate of drug-likeness (QED) is 0.503. The number of rotatable bonds is 3. The van der Waals surface area contributed by atoms with E-state index in [1.165, 1.54) is 0 Å². The van der Waals surface area contributed by atoms with E-state index in [2.05, 4.69) is 0 Å². The molecular weight excluding hydrogens is 216 g/mol. The third-order valence-electron chi connectivity index (χ3n) is 0.612. The van der Waals surface area contributed by atoms with Crippen LogP contribution in [-0.4, -0.2) is 19.8 Å². The van der Waals surface area contributed by atoms with Crippen LogP contribution >= 0.6 is 0 Å². The SMILES string of the molecule is CCC[O-].CCC[O-].CCC[O-].[CH3-].[Ti+4]. The maximum atomic E-state index is 9.30. The molecule has 0 saturated carbocycles. The van der Waals surface area contributed by atoms with Crippen LogP contribution in [0.2, 0.25) is 0 Å². The molecule has 0 aromatic carbocycles. The second-order valence-electron chi connectivity index (χ2n) is 2.11. The maximum absolute atomic E-state index is 9.30. The first-order chi connectivity index (χ1) is 5.74. The van der Waals surface area contributed by atoms with E-state index in [4.69, 9.17) is 0 Å². The van der Waals surface area contributed by atoms with E-state index in [0.29, 0.717) is 0 Å². The molecule has 0 heterocycles. The van der Waals surface area contributed by atoms with E-state index in [-0.39, 0.29) is 49.0 Å². The molecule has 0 bridgehead atoms. The molecule has 0 amide bonds. The smallest absolute Gasteiger partial charge is 0.854 e. The Morgan fingerprint density at radius 1 is 0.643 bits per heavy atom. The summed E-state index contributed by atoms with van der Waals surface area (Å²) in [5.74, 6) is 0. The third-order valence-corrected chi connectivity index (χ3v) is 0.612. The Hall–Kier alpha value is 0.594. The van der Waals surface area contributed by atoms with Crippen LogP contribution in [0.5, 0.6) is 0 Å². The minimum absolute atomic E-state index is 0. The van der Waals surface area contributed by atoms with Crippen molar-refractivity contribution in [2.24, 2.45) is 0 Å². The Bertz CT molecular complexity index is 30.8. The van der Waals surface area contributed by atoms with Gasteiger partial charge in [-0.25, -0.2) is 0 Å². The summed E-state index contributed by atoms with van der Waals surface area (Å²) in [6.45, 7) is 5.81. The van der Waals surface area contributed by atoms with Crippen LogP contribution in [0.1, 0.15) is 40.0 Å². The zero-order valence-electron chi connectivity index (χ0n) is 9.97. The molecule has 3 nitrogen and oxygen atoms in total. The van der Waals surface area contributed by atoms with Crippen molar-refractivity contribution in [2.45, 2.75) is 40.0 Å². The zero-order valence-corrected chi connectivity index (χ0v) is 11.5. The zero-order chi connectivity index (χ0) is 10.2. The molecule has 0 saturated heterocycles. The van der Waals surface area contributed by atoms with E-state index >= 15 is 0 Å². The van der Waals surface area contributed by atoms with Crippen molar-refractivity contribution >= 4 is 0 Å². The molecule has 0 atom stereocenters. The molecule has 14 heavy (non-hydrogen) atoms. The largest absolute Gasteiger partial charge is 4.00 e.